The molecule has 0 saturated heterocycles. The van der Waals surface area contributed by atoms with E-state index in [9.17, 15) is 4.79 Å². The fourth-order valence-electron chi connectivity index (χ4n) is 2.71. The van der Waals surface area contributed by atoms with Gasteiger partial charge in [-0.25, -0.2) is 4.98 Å². The molecule has 124 valence electrons. The Morgan fingerprint density at radius 2 is 1.96 bits per heavy atom. The van der Waals surface area contributed by atoms with Crippen molar-refractivity contribution in [2.24, 2.45) is 0 Å². The summed E-state index contributed by atoms with van der Waals surface area (Å²) in [6.07, 6.45) is 0.993. The number of carbonyl (C=O) groups excluding carboxylic acids is 1. The summed E-state index contributed by atoms with van der Waals surface area (Å²) in [5.74, 6) is 0.693. The monoisotopic (exact) mass is 324 g/mol. The number of rotatable bonds is 5. The molecule has 0 bridgehead atoms. The van der Waals surface area contributed by atoms with Crippen molar-refractivity contribution in [2.75, 3.05) is 5.73 Å². The lowest BCUT2D eigenvalue weighted by molar-refractivity contribution is -0.121. The van der Waals surface area contributed by atoms with Crippen LogP contribution in [0.15, 0.2) is 30.3 Å². The maximum absolute atomic E-state index is 12.1. The topological polar surface area (TPSA) is 98.2 Å². The highest BCUT2D eigenvalue weighted by Gasteiger charge is 2.13. The fourth-order valence-corrected chi connectivity index (χ4v) is 2.71. The lowest BCUT2D eigenvalue weighted by Gasteiger charge is -2.10. The molecule has 0 fully saturated rings. The number of fused-ring (bicyclic) bond motifs is 1. The molecule has 7 heteroatoms. The number of aryl methyl sites for hydroxylation is 2. The van der Waals surface area contributed by atoms with E-state index in [1.54, 1.807) is 4.52 Å². The van der Waals surface area contributed by atoms with Crippen molar-refractivity contribution in [3.8, 4) is 0 Å². The first-order valence-electron chi connectivity index (χ1n) is 7.83. The maximum atomic E-state index is 12.1. The molecule has 0 radical (unpaired) electrons. The highest BCUT2D eigenvalue weighted by Crippen LogP contribution is 2.16. The van der Waals surface area contributed by atoms with E-state index >= 15 is 0 Å². The van der Waals surface area contributed by atoms with Crippen LogP contribution in [0.25, 0.3) is 5.78 Å². The minimum atomic E-state index is 0.0101. The van der Waals surface area contributed by atoms with Gasteiger partial charge in [-0.3, -0.25) is 4.79 Å². The zero-order valence-electron chi connectivity index (χ0n) is 13.8. The van der Waals surface area contributed by atoms with Gasteiger partial charge in [-0.1, -0.05) is 30.3 Å². The molecular formula is C17H20N6O. The highest BCUT2D eigenvalue weighted by atomic mass is 16.1. The van der Waals surface area contributed by atoms with Crippen LogP contribution >= 0.6 is 0 Å². The lowest BCUT2D eigenvalue weighted by atomic mass is 10.1. The second-order valence-corrected chi connectivity index (χ2v) is 5.71. The van der Waals surface area contributed by atoms with Crippen molar-refractivity contribution < 1.29 is 4.79 Å². The van der Waals surface area contributed by atoms with E-state index in [1.807, 2.05) is 44.2 Å². The quantitative estimate of drug-likeness (QED) is 0.742. The predicted molar refractivity (Wildman–Crippen MR) is 91.3 cm³/mol. The van der Waals surface area contributed by atoms with E-state index in [0.29, 0.717) is 25.2 Å². The van der Waals surface area contributed by atoms with Crippen molar-refractivity contribution in [1.29, 1.82) is 0 Å². The van der Waals surface area contributed by atoms with Gasteiger partial charge in [0.25, 0.3) is 5.78 Å². The van der Waals surface area contributed by atoms with Gasteiger partial charge in [0, 0.05) is 24.4 Å². The molecular weight excluding hydrogens is 304 g/mol. The number of nitrogens with two attached hydrogens (primary N) is 1. The second kappa shape index (κ2) is 6.66. The molecule has 2 heterocycles. The van der Waals surface area contributed by atoms with Crippen LogP contribution in [0.4, 0.5) is 5.95 Å². The minimum absolute atomic E-state index is 0.0101. The Morgan fingerprint density at radius 1 is 1.21 bits per heavy atom. The predicted octanol–water partition coefficient (Wildman–Crippen LogP) is 1.57. The van der Waals surface area contributed by atoms with Gasteiger partial charge in [0.1, 0.15) is 0 Å². The molecule has 0 saturated carbocycles. The summed E-state index contributed by atoms with van der Waals surface area (Å²) in [5, 5.41) is 7.07. The third kappa shape index (κ3) is 3.34. The Kier molecular flexibility index (Phi) is 4.41. The fraction of sp³-hybridized carbons (Fsp3) is 0.294. The first kappa shape index (κ1) is 15.9. The molecule has 3 aromatic rings. The molecule has 2 aromatic heterocycles. The third-order valence-corrected chi connectivity index (χ3v) is 4.00. The van der Waals surface area contributed by atoms with Gasteiger partial charge in [-0.2, -0.15) is 9.50 Å². The maximum Gasteiger partial charge on any atom is 0.254 e. The number of hydrogen-bond acceptors (Lipinski definition) is 5. The number of nitrogens with one attached hydrogen (secondary N) is 1. The number of nitrogen functional groups attached to an aromatic ring is 1. The van der Waals surface area contributed by atoms with E-state index < -0.39 is 0 Å². The summed E-state index contributed by atoms with van der Waals surface area (Å²) < 4.78 is 1.62. The van der Waals surface area contributed by atoms with Crippen LogP contribution < -0.4 is 11.1 Å². The normalized spacial score (nSPS) is 10.9. The van der Waals surface area contributed by atoms with Crippen LogP contribution in [0.2, 0.25) is 0 Å². The van der Waals surface area contributed by atoms with Crippen molar-refractivity contribution >= 4 is 17.6 Å². The second-order valence-electron chi connectivity index (χ2n) is 5.71. The van der Waals surface area contributed by atoms with Gasteiger partial charge in [-0.15, -0.1) is 5.10 Å². The molecule has 0 aliphatic heterocycles. The summed E-state index contributed by atoms with van der Waals surface area (Å²) >= 11 is 0. The first-order chi connectivity index (χ1) is 11.5. The van der Waals surface area contributed by atoms with Crippen LogP contribution in [-0.2, 0) is 17.8 Å². The molecule has 0 aliphatic rings. The van der Waals surface area contributed by atoms with Crippen molar-refractivity contribution in [3.63, 3.8) is 0 Å². The summed E-state index contributed by atoms with van der Waals surface area (Å²) in [6, 6.07) is 9.85. The number of hydrogen-bond donors (Lipinski definition) is 2. The Balaban J connectivity index is 1.65. The SMILES string of the molecule is Cc1nc2nc(N)nn2c(C)c1CCC(=O)NCc1ccccc1. The van der Waals surface area contributed by atoms with E-state index in [2.05, 4.69) is 20.4 Å². The molecule has 1 amide bonds. The summed E-state index contributed by atoms with van der Waals surface area (Å²) in [6.45, 7) is 4.39. The zero-order chi connectivity index (χ0) is 17.1. The standard InChI is InChI=1S/C17H20N6O/c1-11-14(12(2)23-17(20-11)21-16(18)22-23)8-9-15(24)19-10-13-6-4-3-5-7-13/h3-7H,8-10H2,1-2H3,(H2,18,22)(H,19,24). The summed E-state index contributed by atoms with van der Waals surface area (Å²) in [4.78, 5) is 20.6. The molecule has 0 aliphatic carbocycles. The third-order valence-electron chi connectivity index (χ3n) is 4.00. The molecule has 3 N–H and O–H groups in total. The Morgan fingerprint density at radius 3 is 2.71 bits per heavy atom. The first-order valence-corrected chi connectivity index (χ1v) is 7.83. The number of amides is 1. The van der Waals surface area contributed by atoms with E-state index in [4.69, 9.17) is 5.73 Å². The van der Waals surface area contributed by atoms with Crippen molar-refractivity contribution in [2.45, 2.75) is 33.2 Å². The van der Waals surface area contributed by atoms with Gasteiger partial charge < -0.3 is 11.1 Å². The number of nitrogens with zero attached hydrogens (tertiary/aromatic N) is 4. The lowest BCUT2D eigenvalue weighted by Crippen LogP contribution is -2.23. The van der Waals surface area contributed by atoms with Crippen LogP contribution in [0.3, 0.4) is 0 Å². The molecule has 24 heavy (non-hydrogen) atoms. The van der Waals surface area contributed by atoms with E-state index in [0.717, 1.165) is 22.5 Å². The molecule has 0 spiro atoms. The van der Waals surface area contributed by atoms with Crippen LogP contribution in [-0.4, -0.2) is 25.5 Å². The average Bonchev–Trinajstić information content (AvgIpc) is 2.94. The number of anilines is 1. The Bertz CT molecular complexity index is 872. The van der Waals surface area contributed by atoms with Crippen molar-refractivity contribution in [1.82, 2.24) is 24.9 Å². The molecule has 0 atom stereocenters. The Hall–Kier alpha value is -2.96. The number of aromatic nitrogens is 4. The van der Waals surface area contributed by atoms with Crippen molar-refractivity contribution in [3.05, 3.63) is 52.8 Å². The number of carbonyl (C=O) groups is 1. The zero-order valence-corrected chi connectivity index (χ0v) is 13.8. The van der Waals surface area contributed by atoms with Gasteiger partial charge >= 0.3 is 0 Å². The summed E-state index contributed by atoms with van der Waals surface area (Å²) in [5.41, 5.74) is 9.48. The number of benzene rings is 1. The molecule has 7 nitrogen and oxygen atoms in total. The average molecular weight is 324 g/mol. The summed E-state index contributed by atoms with van der Waals surface area (Å²) in [7, 11) is 0. The van der Waals surface area contributed by atoms with Gasteiger partial charge in [-0.05, 0) is 31.4 Å². The minimum Gasteiger partial charge on any atom is -0.366 e. The smallest absolute Gasteiger partial charge is 0.254 e. The largest absolute Gasteiger partial charge is 0.366 e. The van der Waals surface area contributed by atoms with Crippen LogP contribution in [0.5, 0.6) is 0 Å². The van der Waals surface area contributed by atoms with E-state index in [1.165, 1.54) is 0 Å². The molecule has 3 rings (SSSR count). The molecule has 0 unspecified atom stereocenters. The highest BCUT2D eigenvalue weighted by molar-refractivity contribution is 5.76. The van der Waals surface area contributed by atoms with Gasteiger partial charge in [0.15, 0.2) is 0 Å². The Labute approximate surface area is 139 Å². The molecule has 1 aromatic carbocycles. The van der Waals surface area contributed by atoms with E-state index in [-0.39, 0.29) is 11.9 Å². The van der Waals surface area contributed by atoms with Crippen LogP contribution in [0, 0.1) is 13.8 Å². The van der Waals surface area contributed by atoms with Gasteiger partial charge in [0.2, 0.25) is 11.9 Å². The van der Waals surface area contributed by atoms with Gasteiger partial charge in [0.05, 0.1) is 0 Å². The van der Waals surface area contributed by atoms with Crippen LogP contribution in [0.1, 0.15) is 28.9 Å².